The predicted octanol–water partition coefficient (Wildman–Crippen LogP) is 5.00. The van der Waals surface area contributed by atoms with E-state index in [1.54, 1.807) is 12.1 Å². The van der Waals surface area contributed by atoms with Gasteiger partial charge in [0.05, 0.1) is 0 Å². The van der Waals surface area contributed by atoms with Crippen LogP contribution in [0.1, 0.15) is 11.1 Å². The van der Waals surface area contributed by atoms with Crippen molar-refractivity contribution in [1.82, 2.24) is 0 Å². The predicted molar refractivity (Wildman–Crippen MR) is 93.7 cm³/mol. The number of hydrogen-bond donors (Lipinski definition) is 2. The maximum Gasteiger partial charge on any atom is 0.123 e. The first-order valence-electron chi connectivity index (χ1n) is 7.50. The van der Waals surface area contributed by atoms with Crippen LogP contribution in [0.3, 0.4) is 0 Å². The van der Waals surface area contributed by atoms with Gasteiger partial charge in [-0.1, -0.05) is 60.7 Å². The first-order chi connectivity index (χ1) is 11.2. The van der Waals surface area contributed by atoms with Gasteiger partial charge in [0.1, 0.15) is 11.5 Å². The maximum absolute atomic E-state index is 10.0. The van der Waals surface area contributed by atoms with Crippen LogP contribution in [0, 0.1) is 6.42 Å². The number of hydrogen-bond acceptors (Lipinski definition) is 2. The van der Waals surface area contributed by atoms with Crippen LogP contribution in [0.25, 0.3) is 21.5 Å². The molecule has 4 rings (SSSR count). The van der Waals surface area contributed by atoms with E-state index in [1.165, 1.54) is 0 Å². The van der Waals surface area contributed by atoms with Gasteiger partial charge in [-0.05, 0) is 34.0 Å². The Bertz CT molecular complexity index is 935. The third kappa shape index (κ3) is 2.29. The SMILES string of the molecule is Oc1ccc([CH]c2ccc(O)c3ccccc23)c2ccccc12. The summed E-state index contributed by atoms with van der Waals surface area (Å²) in [5.74, 6) is 0.571. The molecular weight excluding hydrogens is 284 g/mol. The highest BCUT2D eigenvalue weighted by atomic mass is 16.3. The van der Waals surface area contributed by atoms with Crippen molar-refractivity contribution >= 4 is 21.5 Å². The van der Waals surface area contributed by atoms with Crippen molar-refractivity contribution in [2.75, 3.05) is 0 Å². The van der Waals surface area contributed by atoms with Gasteiger partial charge in [-0.25, -0.2) is 0 Å². The number of rotatable bonds is 2. The first kappa shape index (κ1) is 13.6. The van der Waals surface area contributed by atoms with Crippen LogP contribution in [0.5, 0.6) is 11.5 Å². The molecule has 4 aromatic rings. The van der Waals surface area contributed by atoms with Gasteiger partial charge in [-0.3, -0.25) is 0 Å². The third-order valence-corrected chi connectivity index (χ3v) is 4.18. The van der Waals surface area contributed by atoms with Crippen molar-refractivity contribution in [3.05, 3.63) is 90.3 Å². The molecule has 2 heteroatoms. The fourth-order valence-electron chi connectivity index (χ4n) is 3.03. The minimum absolute atomic E-state index is 0.285. The lowest BCUT2D eigenvalue weighted by Gasteiger charge is -2.11. The van der Waals surface area contributed by atoms with Gasteiger partial charge in [0.15, 0.2) is 0 Å². The molecule has 0 aromatic heterocycles. The summed E-state index contributed by atoms with van der Waals surface area (Å²) in [7, 11) is 0. The molecule has 0 unspecified atom stereocenters. The molecule has 2 N–H and O–H groups in total. The fraction of sp³-hybridized carbons (Fsp3) is 0. The van der Waals surface area contributed by atoms with Crippen molar-refractivity contribution in [2.45, 2.75) is 0 Å². The zero-order chi connectivity index (χ0) is 15.8. The molecule has 2 nitrogen and oxygen atoms in total. The molecular formula is C21H15O2. The quantitative estimate of drug-likeness (QED) is 0.546. The van der Waals surface area contributed by atoms with Crippen LogP contribution in [-0.2, 0) is 0 Å². The lowest BCUT2D eigenvalue weighted by Crippen LogP contribution is -1.90. The van der Waals surface area contributed by atoms with Gasteiger partial charge in [0.25, 0.3) is 0 Å². The zero-order valence-corrected chi connectivity index (χ0v) is 12.4. The molecule has 0 heterocycles. The average molecular weight is 299 g/mol. The lowest BCUT2D eigenvalue weighted by molar-refractivity contribution is 0.481. The summed E-state index contributed by atoms with van der Waals surface area (Å²) in [6.07, 6.45) is 2.09. The molecule has 4 aromatic carbocycles. The zero-order valence-electron chi connectivity index (χ0n) is 12.4. The average Bonchev–Trinajstić information content (AvgIpc) is 2.60. The molecule has 0 spiro atoms. The largest absolute Gasteiger partial charge is 0.507 e. The van der Waals surface area contributed by atoms with Gasteiger partial charge >= 0.3 is 0 Å². The monoisotopic (exact) mass is 299 g/mol. The van der Waals surface area contributed by atoms with Crippen molar-refractivity contribution in [1.29, 1.82) is 0 Å². The molecule has 111 valence electrons. The highest BCUT2D eigenvalue weighted by molar-refractivity contribution is 5.95. The van der Waals surface area contributed by atoms with E-state index in [1.807, 2.05) is 60.7 Å². The molecule has 0 atom stereocenters. The standard InChI is InChI=1S/C21H15O2/c22-20-11-9-14(16-5-1-3-7-18(16)20)13-15-10-12-21(23)19-8-4-2-6-17(15)19/h1-13,22-23H. The van der Waals surface area contributed by atoms with Gasteiger partial charge in [0, 0.05) is 17.2 Å². The van der Waals surface area contributed by atoms with E-state index in [2.05, 4.69) is 6.42 Å². The normalized spacial score (nSPS) is 11.1. The van der Waals surface area contributed by atoms with E-state index >= 15 is 0 Å². The van der Waals surface area contributed by atoms with Crippen LogP contribution < -0.4 is 0 Å². The number of phenols is 2. The second-order valence-corrected chi connectivity index (χ2v) is 5.58. The lowest BCUT2D eigenvalue weighted by atomic mass is 9.94. The molecule has 0 bridgehead atoms. The molecule has 0 aliphatic rings. The molecule has 0 saturated heterocycles. The first-order valence-corrected chi connectivity index (χ1v) is 7.50. The van der Waals surface area contributed by atoms with Gasteiger partial charge < -0.3 is 10.2 Å². The number of aromatic hydroxyl groups is 2. The van der Waals surface area contributed by atoms with Crippen LogP contribution in [-0.4, -0.2) is 10.2 Å². The second kappa shape index (κ2) is 5.33. The molecule has 0 saturated carbocycles. The number of fused-ring (bicyclic) bond motifs is 2. The minimum Gasteiger partial charge on any atom is -0.507 e. The molecule has 0 amide bonds. The van der Waals surface area contributed by atoms with E-state index in [9.17, 15) is 10.2 Å². The fourth-order valence-corrected chi connectivity index (χ4v) is 3.03. The summed E-state index contributed by atoms with van der Waals surface area (Å²) >= 11 is 0. The second-order valence-electron chi connectivity index (χ2n) is 5.58. The summed E-state index contributed by atoms with van der Waals surface area (Å²) in [5.41, 5.74) is 2.07. The van der Waals surface area contributed by atoms with E-state index in [0.717, 1.165) is 32.7 Å². The van der Waals surface area contributed by atoms with Crippen molar-refractivity contribution in [2.24, 2.45) is 0 Å². The Kier molecular flexibility index (Phi) is 3.16. The van der Waals surface area contributed by atoms with Crippen molar-refractivity contribution in [3.8, 4) is 11.5 Å². The van der Waals surface area contributed by atoms with E-state index in [4.69, 9.17) is 0 Å². The maximum atomic E-state index is 10.0. The minimum atomic E-state index is 0.285. The summed E-state index contributed by atoms with van der Waals surface area (Å²) in [4.78, 5) is 0. The van der Waals surface area contributed by atoms with Crippen molar-refractivity contribution in [3.63, 3.8) is 0 Å². The molecule has 0 fully saturated rings. The highest BCUT2D eigenvalue weighted by Crippen LogP contribution is 2.33. The van der Waals surface area contributed by atoms with Crippen LogP contribution in [0.2, 0.25) is 0 Å². The molecule has 0 aliphatic carbocycles. The molecule has 23 heavy (non-hydrogen) atoms. The Balaban J connectivity index is 1.89. The van der Waals surface area contributed by atoms with Crippen molar-refractivity contribution < 1.29 is 10.2 Å². The third-order valence-electron chi connectivity index (χ3n) is 4.18. The number of benzene rings is 4. The van der Waals surface area contributed by atoms with Gasteiger partial charge in [-0.15, -0.1) is 0 Å². The Morgan fingerprint density at radius 3 is 1.30 bits per heavy atom. The Hall–Kier alpha value is -3.00. The molecule has 0 aliphatic heterocycles. The van der Waals surface area contributed by atoms with E-state index in [0.29, 0.717) is 0 Å². The van der Waals surface area contributed by atoms with E-state index in [-0.39, 0.29) is 11.5 Å². The van der Waals surface area contributed by atoms with Crippen LogP contribution >= 0.6 is 0 Å². The smallest absolute Gasteiger partial charge is 0.123 e. The summed E-state index contributed by atoms with van der Waals surface area (Å²) in [6.45, 7) is 0. The Labute approximate surface area is 134 Å². The summed E-state index contributed by atoms with van der Waals surface area (Å²) < 4.78 is 0. The summed E-state index contributed by atoms with van der Waals surface area (Å²) in [5, 5.41) is 23.7. The highest BCUT2D eigenvalue weighted by Gasteiger charge is 2.09. The van der Waals surface area contributed by atoms with Crippen LogP contribution in [0.4, 0.5) is 0 Å². The van der Waals surface area contributed by atoms with Crippen LogP contribution in [0.15, 0.2) is 72.8 Å². The molecule has 1 radical (unpaired) electrons. The topological polar surface area (TPSA) is 40.5 Å². The Morgan fingerprint density at radius 1 is 0.478 bits per heavy atom. The van der Waals surface area contributed by atoms with E-state index < -0.39 is 0 Å². The summed E-state index contributed by atoms with van der Waals surface area (Å²) in [6, 6.07) is 22.9. The Morgan fingerprint density at radius 2 is 0.870 bits per heavy atom. The number of phenolic OH excluding ortho intramolecular Hbond substituents is 2. The van der Waals surface area contributed by atoms with Gasteiger partial charge in [0.2, 0.25) is 0 Å². The van der Waals surface area contributed by atoms with Gasteiger partial charge in [-0.2, -0.15) is 0 Å².